The molecule has 0 saturated carbocycles. The van der Waals surface area contributed by atoms with Gasteiger partial charge in [-0.15, -0.1) is 0 Å². The number of carbonyl (C=O) groups excluding carboxylic acids is 1. The van der Waals surface area contributed by atoms with Gasteiger partial charge in [-0.2, -0.15) is 0 Å². The van der Waals surface area contributed by atoms with Gasteiger partial charge in [0.05, 0.1) is 6.04 Å². The lowest BCUT2D eigenvalue weighted by Crippen LogP contribution is -2.44. The molecule has 1 atom stereocenters. The zero-order chi connectivity index (χ0) is 12.1. The lowest BCUT2D eigenvalue weighted by molar-refractivity contribution is -0.118. The van der Waals surface area contributed by atoms with Crippen LogP contribution in [0.15, 0.2) is 0 Å². The summed E-state index contributed by atoms with van der Waals surface area (Å²) in [5.41, 5.74) is 5.89. The average Bonchev–Trinajstić information content (AvgIpc) is 2.09. The largest absolute Gasteiger partial charge is 0.321 e. The molecular formula is C12H26N2O. The molecule has 0 aliphatic heterocycles. The van der Waals surface area contributed by atoms with E-state index in [4.69, 9.17) is 5.73 Å². The van der Waals surface area contributed by atoms with E-state index in [1.165, 1.54) is 0 Å². The van der Waals surface area contributed by atoms with Crippen LogP contribution in [0.1, 0.15) is 47.5 Å². The molecule has 0 aromatic heterocycles. The molecule has 0 amide bonds. The van der Waals surface area contributed by atoms with Crippen LogP contribution in [0.4, 0.5) is 0 Å². The molecule has 0 fully saturated rings. The summed E-state index contributed by atoms with van der Waals surface area (Å²) in [6, 6.07) is -0.299. The van der Waals surface area contributed by atoms with Crippen molar-refractivity contribution in [1.29, 1.82) is 0 Å². The lowest BCUT2D eigenvalue weighted by Gasteiger charge is -2.36. The van der Waals surface area contributed by atoms with Crippen molar-refractivity contribution in [3.05, 3.63) is 0 Å². The predicted molar refractivity (Wildman–Crippen MR) is 64.9 cm³/mol. The van der Waals surface area contributed by atoms with Gasteiger partial charge < -0.3 is 5.73 Å². The second-order valence-electron chi connectivity index (χ2n) is 5.16. The molecule has 0 heterocycles. The van der Waals surface area contributed by atoms with E-state index >= 15 is 0 Å². The Morgan fingerprint density at radius 1 is 1.33 bits per heavy atom. The van der Waals surface area contributed by atoms with Crippen molar-refractivity contribution < 1.29 is 4.79 Å². The third kappa shape index (κ3) is 5.90. The maximum absolute atomic E-state index is 11.0. The van der Waals surface area contributed by atoms with E-state index in [2.05, 4.69) is 32.6 Å². The lowest BCUT2D eigenvalue weighted by atomic mass is 10.0. The summed E-state index contributed by atoms with van der Waals surface area (Å²) in [5.74, 6) is 0.0837. The van der Waals surface area contributed by atoms with Crippen LogP contribution in [0.5, 0.6) is 0 Å². The quantitative estimate of drug-likeness (QED) is 0.733. The summed E-state index contributed by atoms with van der Waals surface area (Å²) in [7, 11) is 0. The van der Waals surface area contributed by atoms with Crippen LogP contribution >= 0.6 is 0 Å². The highest BCUT2D eigenvalue weighted by atomic mass is 16.1. The van der Waals surface area contributed by atoms with Crippen LogP contribution in [0.25, 0.3) is 0 Å². The van der Waals surface area contributed by atoms with E-state index in [1.807, 2.05) is 0 Å². The molecule has 0 aromatic carbocycles. The summed E-state index contributed by atoms with van der Waals surface area (Å²) in [5, 5.41) is 0. The van der Waals surface area contributed by atoms with E-state index in [0.29, 0.717) is 0 Å². The minimum Gasteiger partial charge on any atom is -0.321 e. The fourth-order valence-electron chi connectivity index (χ4n) is 1.55. The number of ketones is 1. The van der Waals surface area contributed by atoms with Crippen LogP contribution in [-0.2, 0) is 4.79 Å². The van der Waals surface area contributed by atoms with Gasteiger partial charge in [-0.3, -0.25) is 9.69 Å². The molecule has 0 aliphatic carbocycles. The summed E-state index contributed by atoms with van der Waals surface area (Å²) in [6.45, 7) is 12.3. The number of hydrogen-bond acceptors (Lipinski definition) is 3. The van der Waals surface area contributed by atoms with Gasteiger partial charge >= 0.3 is 0 Å². The summed E-state index contributed by atoms with van der Waals surface area (Å²) in [4.78, 5) is 13.4. The smallest absolute Gasteiger partial charge is 0.146 e. The van der Waals surface area contributed by atoms with Crippen molar-refractivity contribution in [3.8, 4) is 0 Å². The molecule has 0 radical (unpaired) electrons. The fraction of sp³-hybridized carbons (Fsp3) is 0.917. The number of rotatable bonds is 6. The van der Waals surface area contributed by atoms with E-state index in [9.17, 15) is 4.79 Å². The van der Waals surface area contributed by atoms with Crippen LogP contribution < -0.4 is 5.73 Å². The third-order valence-electron chi connectivity index (χ3n) is 2.67. The Bertz CT molecular complexity index is 196. The molecule has 3 heteroatoms. The number of nitrogens with zero attached hydrogens (tertiary/aromatic N) is 1. The molecule has 0 aliphatic rings. The Morgan fingerprint density at radius 2 is 1.87 bits per heavy atom. The molecule has 0 aromatic rings. The second kappa shape index (κ2) is 6.23. The van der Waals surface area contributed by atoms with Gasteiger partial charge in [0.25, 0.3) is 0 Å². The van der Waals surface area contributed by atoms with Crippen molar-refractivity contribution in [1.82, 2.24) is 4.90 Å². The SMILES string of the molecule is CCCN(CCC(N)C(C)=O)C(C)(C)C. The monoisotopic (exact) mass is 214 g/mol. The fourth-order valence-corrected chi connectivity index (χ4v) is 1.55. The Labute approximate surface area is 94.0 Å². The molecule has 0 spiro atoms. The third-order valence-corrected chi connectivity index (χ3v) is 2.67. The Morgan fingerprint density at radius 3 is 2.20 bits per heavy atom. The van der Waals surface area contributed by atoms with Gasteiger partial charge in [0.2, 0.25) is 0 Å². The highest BCUT2D eigenvalue weighted by Crippen LogP contribution is 2.14. The van der Waals surface area contributed by atoms with E-state index in [-0.39, 0.29) is 17.4 Å². The van der Waals surface area contributed by atoms with E-state index in [1.54, 1.807) is 6.92 Å². The zero-order valence-electron chi connectivity index (χ0n) is 10.8. The Kier molecular flexibility index (Phi) is 6.06. The normalized spacial score (nSPS) is 14.3. The van der Waals surface area contributed by atoms with Crippen molar-refractivity contribution in [2.24, 2.45) is 5.73 Å². The first kappa shape index (κ1) is 14.6. The standard InChI is InChI=1S/C12H26N2O/c1-6-8-14(12(3,4)5)9-7-11(13)10(2)15/h11H,6-9,13H2,1-5H3. The molecule has 2 N–H and O–H groups in total. The first-order valence-electron chi connectivity index (χ1n) is 5.80. The predicted octanol–water partition coefficient (Wildman–Crippen LogP) is 1.80. The molecule has 0 saturated heterocycles. The summed E-state index contributed by atoms with van der Waals surface area (Å²) < 4.78 is 0. The van der Waals surface area contributed by atoms with Gasteiger partial charge in [-0.05, 0) is 47.1 Å². The van der Waals surface area contributed by atoms with Crippen LogP contribution in [0.2, 0.25) is 0 Å². The Balaban J connectivity index is 4.13. The Hall–Kier alpha value is -0.410. The minimum absolute atomic E-state index is 0.0837. The van der Waals surface area contributed by atoms with Crippen molar-refractivity contribution in [3.63, 3.8) is 0 Å². The molecule has 15 heavy (non-hydrogen) atoms. The first-order valence-corrected chi connectivity index (χ1v) is 5.80. The van der Waals surface area contributed by atoms with Crippen LogP contribution in [0.3, 0.4) is 0 Å². The van der Waals surface area contributed by atoms with Gasteiger partial charge in [-0.25, -0.2) is 0 Å². The second-order valence-corrected chi connectivity index (χ2v) is 5.16. The van der Waals surface area contributed by atoms with Crippen molar-refractivity contribution in [2.75, 3.05) is 13.1 Å². The number of nitrogens with two attached hydrogens (primary N) is 1. The molecule has 0 bridgehead atoms. The van der Waals surface area contributed by atoms with Crippen molar-refractivity contribution >= 4 is 5.78 Å². The van der Waals surface area contributed by atoms with Crippen molar-refractivity contribution in [2.45, 2.75) is 59.0 Å². The number of carbonyl (C=O) groups is 1. The maximum Gasteiger partial charge on any atom is 0.146 e. The van der Waals surface area contributed by atoms with Gasteiger partial charge in [-0.1, -0.05) is 6.92 Å². The highest BCUT2D eigenvalue weighted by molar-refractivity contribution is 5.81. The molecular weight excluding hydrogens is 188 g/mol. The summed E-state index contributed by atoms with van der Waals surface area (Å²) in [6.07, 6.45) is 1.89. The highest BCUT2D eigenvalue weighted by Gasteiger charge is 2.21. The van der Waals surface area contributed by atoms with E-state index in [0.717, 1.165) is 25.9 Å². The first-order chi connectivity index (χ1) is 6.79. The van der Waals surface area contributed by atoms with E-state index < -0.39 is 0 Å². The topological polar surface area (TPSA) is 46.3 Å². The molecule has 1 unspecified atom stereocenters. The zero-order valence-corrected chi connectivity index (χ0v) is 10.8. The summed E-state index contributed by atoms with van der Waals surface area (Å²) >= 11 is 0. The van der Waals surface area contributed by atoms with Gasteiger partial charge in [0.1, 0.15) is 5.78 Å². The van der Waals surface area contributed by atoms with Gasteiger partial charge in [0.15, 0.2) is 0 Å². The minimum atomic E-state index is -0.299. The van der Waals surface area contributed by atoms with Gasteiger partial charge in [0, 0.05) is 12.1 Å². The average molecular weight is 214 g/mol. The maximum atomic E-state index is 11.0. The molecule has 90 valence electrons. The number of hydrogen-bond donors (Lipinski definition) is 1. The van der Waals surface area contributed by atoms with Crippen LogP contribution in [0, 0.1) is 0 Å². The van der Waals surface area contributed by atoms with Crippen LogP contribution in [-0.4, -0.2) is 35.4 Å². The molecule has 3 nitrogen and oxygen atoms in total. The number of Topliss-reactive ketones (excluding diaryl/α,β-unsaturated/α-hetero) is 1. The molecule has 0 rings (SSSR count).